The Balaban J connectivity index is 1.18. The predicted octanol–water partition coefficient (Wildman–Crippen LogP) is 6.58. The van der Waals surface area contributed by atoms with Crippen molar-refractivity contribution in [3.05, 3.63) is 50.9 Å². The van der Waals surface area contributed by atoms with Crippen LogP contribution in [-0.4, -0.2) is 71.1 Å². The number of carbonyl (C=O) groups excluding carboxylic acids is 1. The number of carbonyl (C=O) groups is 1. The van der Waals surface area contributed by atoms with Gasteiger partial charge in [0.15, 0.2) is 0 Å². The molecule has 3 aliphatic heterocycles. The number of fused-ring (bicyclic) bond motifs is 3. The third-order valence-corrected chi connectivity index (χ3v) is 11.3. The lowest BCUT2D eigenvalue weighted by molar-refractivity contribution is -0.132. The standard InChI is InChI=1S/C39H63N9O/c1-24(2)36-30-22-46(15-11-12-32(30)41-43-36)35(49)16-26(5)20-48-34-13-10-14-40-19-29(34)38(45-48)27(6)17-28-18-33-31(37(25(3)4)44-42-33)23-47(21-28)39(7,8)9/h24-28,40H,10-23H2,1-9H3,(H,41,43)(H,42,44). The van der Waals surface area contributed by atoms with Crippen molar-refractivity contribution in [1.29, 1.82) is 0 Å². The van der Waals surface area contributed by atoms with E-state index in [4.69, 9.17) is 10.2 Å². The third kappa shape index (κ3) is 7.85. The minimum atomic E-state index is 0.0790. The van der Waals surface area contributed by atoms with E-state index in [0.717, 1.165) is 83.5 Å². The van der Waals surface area contributed by atoms with Gasteiger partial charge in [0.25, 0.3) is 0 Å². The zero-order valence-electron chi connectivity index (χ0n) is 31.9. The summed E-state index contributed by atoms with van der Waals surface area (Å²) in [5.41, 5.74) is 11.6. The van der Waals surface area contributed by atoms with Crippen LogP contribution in [0.25, 0.3) is 0 Å². The molecule has 6 heterocycles. The molecule has 0 aromatic carbocycles. The first-order chi connectivity index (χ1) is 23.3. The van der Waals surface area contributed by atoms with Gasteiger partial charge >= 0.3 is 0 Å². The first kappa shape index (κ1) is 35.8. The fraction of sp³-hybridized carbons (Fsp3) is 0.744. The smallest absolute Gasteiger partial charge is 0.223 e. The average Bonchev–Trinajstić information content (AvgIpc) is 3.52. The molecule has 10 nitrogen and oxygen atoms in total. The molecule has 10 heteroatoms. The molecule has 0 aliphatic carbocycles. The van der Waals surface area contributed by atoms with Gasteiger partial charge in [0.1, 0.15) is 0 Å². The zero-order chi connectivity index (χ0) is 35.0. The lowest BCUT2D eigenvalue weighted by Gasteiger charge is -2.37. The summed E-state index contributed by atoms with van der Waals surface area (Å²) < 4.78 is 2.29. The second-order valence-electron chi connectivity index (χ2n) is 17.2. The first-order valence-electron chi connectivity index (χ1n) is 19.2. The molecule has 0 saturated heterocycles. The second kappa shape index (κ2) is 14.7. The number of hydrogen-bond acceptors (Lipinski definition) is 6. The summed E-state index contributed by atoms with van der Waals surface area (Å²) >= 11 is 0. The Morgan fingerprint density at radius 1 is 0.878 bits per heavy atom. The van der Waals surface area contributed by atoms with E-state index in [1.54, 1.807) is 0 Å². The zero-order valence-corrected chi connectivity index (χ0v) is 31.9. The summed E-state index contributed by atoms with van der Waals surface area (Å²) in [5.74, 6) is 2.05. The number of aromatic amines is 2. The highest BCUT2D eigenvalue weighted by Gasteiger charge is 2.34. The predicted molar refractivity (Wildman–Crippen MR) is 196 cm³/mol. The summed E-state index contributed by atoms with van der Waals surface area (Å²) in [6, 6.07) is 0. The number of amides is 1. The van der Waals surface area contributed by atoms with E-state index in [-0.39, 0.29) is 17.4 Å². The van der Waals surface area contributed by atoms with Gasteiger partial charge in [-0.25, -0.2) is 0 Å². The molecule has 3 unspecified atom stereocenters. The van der Waals surface area contributed by atoms with Crippen LogP contribution in [0.1, 0.15) is 157 Å². The van der Waals surface area contributed by atoms with Crippen LogP contribution in [-0.2, 0) is 50.2 Å². The largest absolute Gasteiger partial charge is 0.338 e. The van der Waals surface area contributed by atoms with E-state index in [9.17, 15) is 4.79 Å². The molecule has 0 fully saturated rings. The van der Waals surface area contributed by atoms with Gasteiger partial charge in [-0.1, -0.05) is 41.5 Å². The number of aromatic nitrogens is 6. The fourth-order valence-electron chi connectivity index (χ4n) is 8.60. The lowest BCUT2D eigenvalue weighted by atomic mass is 9.87. The van der Waals surface area contributed by atoms with Crippen LogP contribution in [0.5, 0.6) is 0 Å². The summed E-state index contributed by atoms with van der Waals surface area (Å²) in [6.07, 6.45) is 6.74. The molecule has 49 heavy (non-hydrogen) atoms. The Morgan fingerprint density at radius 3 is 2.27 bits per heavy atom. The highest BCUT2D eigenvalue weighted by atomic mass is 16.2. The molecule has 3 aliphatic rings. The summed E-state index contributed by atoms with van der Waals surface area (Å²) in [4.78, 5) is 18.5. The molecular formula is C39H63N9O. The van der Waals surface area contributed by atoms with Gasteiger partial charge in [0.2, 0.25) is 5.91 Å². The minimum Gasteiger partial charge on any atom is -0.338 e. The van der Waals surface area contributed by atoms with Crippen LogP contribution in [0.2, 0.25) is 0 Å². The van der Waals surface area contributed by atoms with Crippen molar-refractivity contribution in [3.8, 4) is 0 Å². The minimum absolute atomic E-state index is 0.0790. The summed E-state index contributed by atoms with van der Waals surface area (Å²) in [7, 11) is 0. The van der Waals surface area contributed by atoms with Crippen molar-refractivity contribution >= 4 is 5.91 Å². The van der Waals surface area contributed by atoms with E-state index in [0.29, 0.717) is 36.6 Å². The monoisotopic (exact) mass is 674 g/mol. The van der Waals surface area contributed by atoms with Crippen molar-refractivity contribution in [2.24, 2.45) is 11.8 Å². The van der Waals surface area contributed by atoms with Gasteiger partial charge < -0.3 is 10.2 Å². The molecule has 1 amide bonds. The van der Waals surface area contributed by atoms with Crippen molar-refractivity contribution < 1.29 is 4.79 Å². The van der Waals surface area contributed by atoms with Gasteiger partial charge in [-0.05, 0) is 89.5 Å². The van der Waals surface area contributed by atoms with E-state index in [1.807, 2.05) is 0 Å². The molecule has 3 aromatic rings. The highest BCUT2D eigenvalue weighted by Crippen LogP contribution is 2.36. The van der Waals surface area contributed by atoms with Gasteiger partial charge in [-0.2, -0.15) is 15.3 Å². The maximum Gasteiger partial charge on any atom is 0.223 e. The van der Waals surface area contributed by atoms with Crippen LogP contribution in [0.15, 0.2) is 0 Å². The number of nitrogens with one attached hydrogen (secondary N) is 3. The SMILES string of the molecule is CC(CC(=O)N1CCCc2[nH]nc(C(C)C)c2C1)Cn1nc(C(C)CC2Cc3[nH]nc(C(C)C)c3CN(C(C)(C)C)C2)c2c1CCCNC2. The van der Waals surface area contributed by atoms with Crippen LogP contribution in [0.3, 0.4) is 0 Å². The Labute approximate surface area is 294 Å². The quantitative estimate of drug-likeness (QED) is 0.237. The second-order valence-corrected chi connectivity index (χ2v) is 17.2. The molecular weight excluding hydrogens is 610 g/mol. The number of nitrogens with zero attached hydrogens (tertiary/aromatic N) is 6. The molecule has 6 rings (SSSR count). The molecule has 0 bridgehead atoms. The normalized spacial score (nSPS) is 20.4. The average molecular weight is 674 g/mol. The van der Waals surface area contributed by atoms with Gasteiger partial charge in [-0.3, -0.25) is 24.6 Å². The Morgan fingerprint density at radius 2 is 1.57 bits per heavy atom. The van der Waals surface area contributed by atoms with Gasteiger partial charge in [0.05, 0.1) is 17.1 Å². The molecule has 0 saturated carbocycles. The molecule has 3 N–H and O–H groups in total. The fourth-order valence-corrected chi connectivity index (χ4v) is 8.60. The van der Waals surface area contributed by atoms with Gasteiger partial charge in [-0.15, -0.1) is 0 Å². The van der Waals surface area contributed by atoms with Gasteiger partial charge in [0, 0.05) is 90.9 Å². The van der Waals surface area contributed by atoms with Crippen molar-refractivity contribution in [1.82, 2.24) is 45.3 Å². The molecule has 270 valence electrons. The van der Waals surface area contributed by atoms with Crippen molar-refractivity contribution in [2.75, 3.05) is 19.6 Å². The number of rotatable bonds is 9. The van der Waals surface area contributed by atoms with Crippen molar-refractivity contribution in [3.63, 3.8) is 0 Å². The van der Waals surface area contributed by atoms with Crippen LogP contribution in [0, 0.1) is 11.8 Å². The first-order valence-corrected chi connectivity index (χ1v) is 19.2. The summed E-state index contributed by atoms with van der Waals surface area (Å²) in [5, 5.41) is 25.2. The maximum absolute atomic E-state index is 13.7. The number of H-pyrrole nitrogens is 2. The molecule has 0 radical (unpaired) electrons. The molecule has 0 spiro atoms. The lowest BCUT2D eigenvalue weighted by Crippen LogP contribution is -2.43. The maximum atomic E-state index is 13.7. The Kier molecular flexibility index (Phi) is 10.8. The van der Waals surface area contributed by atoms with E-state index in [2.05, 4.69) is 97.4 Å². The van der Waals surface area contributed by atoms with Crippen LogP contribution < -0.4 is 5.32 Å². The number of hydrogen-bond donors (Lipinski definition) is 3. The van der Waals surface area contributed by atoms with Crippen molar-refractivity contribution in [2.45, 2.75) is 157 Å². The molecule has 3 aromatic heterocycles. The van der Waals surface area contributed by atoms with E-state index >= 15 is 0 Å². The van der Waals surface area contributed by atoms with E-state index in [1.165, 1.54) is 45.2 Å². The van der Waals surface area contributed by atoms with Crippen LogP contribution in [0.4, 0.5) is 0 Å². The summed E-state index contributed by atoms with van der Waals surface area (Å²) in [6.45, 7) is 26.7. The Hall–Kier alpha value is -2.98. The number of aryl methyl sites for hydroxylation is 1. The highest BCUT2D eigenvalue weighted by molar-refractivity contribution is 5.76. The Bertz CT molecular complexity index is 1590. The van der Waals surface area contributed by atoms with E-state index < -0.39 is 0 Å². The van der Waals surface area contributed by atoms with Crippen LogP contribution >= 0.6 is 0 Å². The topological polar surface area (TPSA) is 111 Å². The third-order valence-electron chi connectivity index (χ3n) is 11.3. The molecule has 3 atom stereocenters.